The van der Waals surface area contributed by atoms with Gasteiger partial charge in [0.15, 0.2) is 0 Å². The van der Waals surface area contributed by atoms with Crippen molar-refractivity contribution in [2.45, 2.75) is 17.4 Å². The van der Waals surface area contributed by atoms with E-state index in [9.17, 15) is 13.2 Å². The topological polar surface area (TPSA) is 89.7 Å². The highest BCUT2D eigenvalue weighted by atomic mass is 79.9. The largest absolute Gasteiger partial charge is 0.380 e. The number of halogens is 1. The van der Waals surface area contributed by atoms with E-state index >= 15 is 0 Å². The number of primary sulfonamides is 1. The van der Waals surface area contributed by atoms with Gasteiger partial charge in [0.05, 0.1) is 16.6 Å². The number of hydrogen-bond donors (Lipinski definition) is 1. The number of amides is 1. The summed E-state index contributed by atoms with van der Waals surface area (Å²) in [6, 6.07) is 4.16. The van der Waals surface area contributed by atoms with Crippen LogP contribution < -0.4 is 5.14 Å². The van der Waals surface area contributed by atoms with E-state index in [-0.39, 0.29) is 22.5 Å². The lowest BCUT2D eigenvalue weighted by Gasteiger charge is -2.17. The van der Waals surface area contributed by atoms with Gasteiger partial charge in [-0.2, -0.15) is 0 Å². The zero-order valence-electron chi connectivity index (χ0n) is 10.9. The van der Waals surface area contributed by atoms with Crippen LogP contribution >= 0.6 is 15.9 Å². The second-order valence-electron chi connectivity index (χ2n) is 4.58. The molecule has 0 aromatic heterocycles. The first-order chi connectivity index (χ1) is 9.32. The third-order valence-electron chi connectivity index (χ3n) is 3.26. The average Bonchev–Trinajstić information content (AvgIpc) is 2.86. The molecule has 8 heteroatoms. The van der Waals surface area contributed by atoms with Crippen LogP contribution in [0.2, 0.25) is 0 Å². The maximum atomic E-state index is 12.4. The summed E-state index contributed by atoms with van der Waals surface area (Å²) in [5.74, 6) is -0.234. The van der Waals surface area contributed by atoms with Crippen molar-refractivity contribution < 1.29 is 17.9 Å². The van der Waals surface area contributed by atoms with E-state index in [0.717, 1.165) is 6.42 Å². The minimum absolute atomic E-state index is 0.0270. The summed E-state index contributed by atoms with van der Waals surface area (Å²) in [7, 11) is -2.22. The van der Waals surface area contributed by atoms with Gasteiger partial charge in [-0.05, 0) is 40.5 Å². The SMILES string of the molecule is COC1CCN(C(=O)c2cc(S(N)(=O)=O)ccc2Br)C1. The summed E-state index contributed by atoms with van der Waals surface area (Å²) in [6.45, 7) is 1.09. The molecule has 1 heterocycles. The van der Waals surface area contributed by atoms with E-state index in [4.69, 9.17) is 9.88 Å². The first kappa shape index (κ1) is 15.4. The molecule has 6 nitrogen and oxygen atoms in total. The van der Waals surface area contributed by atoms with E-state index in [1.165, 1.54) is 18.2 Å². The number of sulfonamides is 1. The molecule has 20 heavy (non-hydrogen) atoms. The summed E-state index contributed by atoms with van der Waals surface area (Å²) in [4.78, 5) is 14.0. The summed E-state index contributed by atoms with van der Waals surface area (Å²) in [6.07, 6.45) is 0.800. The Balaban J connectivity index is 2.30. The zero-order chi connectivity index (χ0) is 14.9. The number of nitrogens with zero attached hydrogens (tertiary/aromatic N) is 1. The Hall–Kier alpha value is -0.960. The quantitative estimate of drug-likeness (QED) is 0.866. The standard InChI is InChI=1S/C12H15BrN2O4S/c1-19-8-4-5-15(7-8)12(16)10-6-9(20(14,17)18)2-3-11(10)13/h2-3,6,8H,4-5,7H2,1H3,(H2,14,17,18). The van der Waals surface area contributed by atoms with Crippen molar-refractivity contribution in [1.82, 2.24) is 4.90 Å². The van der Waals surface area contributed by atoms with Gasteiger partial charge in [-0.15, -0.1) is 0 Å². The predicted octanol–water partition coefficient (Wildman–Crippen LogP) is 0.957. The number of carbonyl (C=O) groups excluding carboxylic acids is 1. The lowest BCUT2D eigenvalue weighted by molar-refractivity contribution is 0.0723. The Morgan fingerprint density at radius 3 is 2.75 bits per heavy atom. The van der Waals surface area contributed by atoms with Crippen LogP contribution in [0.5, 0.6) is 0 Å². The number of rotatable bonds is 3. The summed E-state index contributed by atoms with van der Waals surface area (Å²) in [5, 5.41) is 5.08. The van der Waals surface area contributed by atoms with Gasteiger partial charge in [0.1, 0.15) is 0 Å². The average molecular weight is 363 g/mol. The molecule has 2 N–H and O–H groups in total. The molecule has 110 valence electrons. The molecule has 1 unspecified atom stereocenters. The third kappa shape index (κ3) is 3.20. The lowest BCUT2D eigenvalue weighted by Crippen LogP contribution is -2.30. The highest BCUT2D eigenvalue weighted by Gasteiger charge is 2.28. The smallest absolute Gasteiger partial charge is 0.255 e. The molecule has 0 radical (unpaired) electrons. The molecule has 1 saturated heterocycles. The molecule has 1 aromatic carbocycles. The number of carbonyl (C=O) groups is 1. The summed E-state index contributed by atoms with van der Waals surface area (Å²) in [5.41, 5.74) is 0.285. The Morgan fingerprint density at radius 1 is 1.50 bits per heavy atom. The first-order valence-electron chi connectivity index (χ1n) is 5.97. The van der Waals surface area contributed by atoms with Gasteiger partial charge < -0.3 is 9.64 Å². The molecule has 0 saturated carbocycles. The number of nitrogens with two attached hydrogens (primary N) is 1. The molecular weight excluding hydrogens is 348 g/mol. The van der Waals surface area contributed by atoms with Crippen LogP contribution in [0.3, 0.4) is 0 Å². The van der Waals surface area contributed by atoms with Crippen molar-refractivity contribution in [2.75, 3.05) is 20.2 Å². The van der Waals surface area contributed by atoms with E-state index < -0.39 is 10.0 Å². The number of methoxy groups -OCH3 is 1. The van der Waals surface area contributed by atoms with Crippen molar-refractivity contribution in [2.24, 2.45) is 5.14 Å². The van der Waals surface area contributed by atoms with Gasteiger partial charge in [0.25, 0.3) is 5.91 Å². The van der Waals surface area contributed by atoms with Crippen molar-refractivity contribution >= 4 is 31.9 Å². The van der Waals surface area contributed by atoms with Gasteiger partial charge in [0, 0.05) is 24.7 Å². The number of likely N-dealkylation sites (tertiary alicyclic amines) is 1. The molecule has 1 fully saturated rings. The van der Waals surface area contributed by atoms with Crippen molar-refractivity contribution in [3.8, 4) is 0 Å². The van der Waals surface area contributed by atoms with Gasteiger partial charge in [-0.1, -0.05) is 0 Å². The molecule has 1 aliphatic rings. The monoisotopic (exact) mass is 362 g/mol. The van der Waals surface area contributed by atoms with Crippen molar-refractivity contribution in [3.05, 3.63) is 28.2 Å². The minimum atomic E-state index is -3.83. The summed E-state index contributed by atoms with van der Waals surface area (Å²) >= 11 is 3.26. The fraction of sp³-hybridized carbons (Fsp3) is 0.417. The number of hydrogen-bond acceptors (Lipinski definition) is 4. The Morgan fingerprint density at radius 2 is 2.20 bits per heavy atom. The van der Waals surface area contributed by atoms with Gasteiger partial charge in [-0.3, -0.25) is 4.79 Å². The molecule has 1 aromatic rings. The number of ether oxygens (including phenoxy) is 1. The molecular formula is C12H15BrN2O4S. The second-order valence-corrected chi connectivity index (χ2v) is 7.00. The maximum Gasteiger partial charge on any atom is 0.255 e. The molecule has 2 rings (SSSR count). The molecule has 1 amide bonds. The maximum absolute atomic E-state index is 12.4. The van der Waals surface area contributed by atoms with Crippen LogP contribution in [0.4, 0.5) is 0 Å². The first-order valence-corrected chi connectivity index (χ1v) is 8.31. The summed E-state index contributed by atoms with van der Waals surface area (Å²) < 4.78 is 28.5. The lowest BCUT2D eigenvalue weighted by atomic mass is 10.2. The van der Waals surface area contributed by atoms with Gasteiger partial charge in [0.2, 0.25) is 10.0 Å². The van der Waals surface area contributed by atoms with E-state index in [1.54, 1.807) is 12.0 Å². The number of benzene rings is 1. The molecule has 0 spiro atoms. The Labute approximate surface area is 126 Å². The van der Waals surface area contributed by atoms with Crippen LogP contribution in [0.25, 0.3) is 0 Å². The van der Waals surface area contributed by atoms with E-state index in [1.807, 2.05) is 0 Å². The second kappa shape index (κ2) is 5.80. The molecule has 0 aliphatic carbocycles. The minimum Gasteiger partial charge on any atom is -0.380 e. The van der Waals surface area contributed by atoms with Crippen molar-refractivity contribution in [3.63, 3.8) is 0 Å². The fourth-order valence-electron chi connectivity index (χ4n) is 2.12. The molecule has 1 atom stereocenters. The van der Waals surface area contributed by atoms with Gasteiger partial charge >= 0.3 is 0 Å². The van der Waals surface area contributed by atoms with Crippen molar-refractivity contribution in [1.29, 1.82) is 0 Å². The fourth-order valence-corrected chi connectivity index (χ4v) is 3.08. The van der Waals surface area contributed by atoms with Crippen LogP contribution in [0, 0.1) is 0 Å². The highest BCUT2D eigenvalue weighted by molar-refractivity contribution is 9.10. The highest BCUT2D eigenvalue weighted by Crippen LogP contribution is 2.24. The molecule has 1 aliphatic heterocycles. The molecule has 0 bridgehead atoms. The van der Waals surface area contributed by atoms with Crippen LogP contribution in [-0.2, 0) is 14.8 Å². The van der Waals surface area contributed by atoms with E-state index in [0.29, 0.717) is 17.6 Å². The normalized spacial score (nSPS) is 19.4. The zero-order valence-corrected chi connectivity index (χ0v) is 13.3. The van der Waals surface area contributed by atoms with E-state index in [2.05, 4.69) is 15.9 Å². The predicted molar refractivity (Wildman–Crippen MR) is 76.8 cm³/mol. The van der Waals surface area contributed by atoms with Crippen LogP contribution in [-0.4, -0.2) is 45.5 Å². The third-order valence-corrected chi connectivity index (χ3v) is 4.86. The van der Waals surface area contributed by atoms with Crippen LogP contribution in [0.1, 0.15) is 16.8 Å². The van der Waals surface area contributed by atoms with Gasteiger partial charge in [-0.25, -0.2) is 13.6 Å². The Kier molecular flexibility index (Phi) is 4.48. The van der Waals surface area contributed by atoms with Crippen LogP contribution in [0.15, 0.2) is 27.6 Å². The Bertz CT molecular complexity index is 632.